The number of thiophene rings is 1. The quantitative estimate of drug-likeness (QED) is 0.807. The van der Waals surface area contributed by atoms with Crippen LogP contribution in [0, 0.1) is 11.7 Å². The summed E-state index contributed by atoms with van der Waals surface area (Å²) in [6.45, 7) is 4.89. The molecule has 3 nitrogen and oxygen atoms in total. The maximum absolute atomic E-state index is 14.0. The average molecular weight is 310 g/mol. The van der Waals surface area contributed by atoms with Crippen LogP contribution in [0.25, 0.3) is 10.1 Å². The molecule has 0 spiro atoms. The molecule has 0 saturated heterocycles. The van der Waals surface area contributed by atoms with Crippen LogP contribution in [0.2, 0.25) is 0 Å². The van der Waals surface area contributed by atoms with Crippen molar-refractivity contribution >= 4 is 27.4 Å². The molecule has 5 heteroatoms. The first-order chi connectivity index (χ1) is 10.0. The number of carboxylic acids is 1. The van der Waals surface area contributed by atoms with E-state index in [1.54, 1.807) is 12.1 Å². The molecule has 1 N–H and O–H groups in total. The molecule has 1 aromatic carbocycles. The molecule has 1 heterocycles. The number of hydrogen-bond acceptors (Lipinski definition) is 3. The molecule has 0 bridgehead atoms. The van der Waals surface area contributed by atoms with Crippen molar-refractivity contribution < 1.29 is 19.0 Å². The second kappa shape index (κ2) is 7.00. The third kappa shape index (κ3) is 3.60. The molecule has 0 radical (unpaired) electrons. The normalized spacial score (nSPS) is 12.7. The lowest BCUT2D eigenvalue weighted by Crippen LogP contribution is -2.07. The minimum absolute atomic E-state index is 0.136. The number of benzene rings is 1. The Hall–Kier alpha value is -1.46. The number of carboxylic acid groups (broad SMARTS) is 1. The first-order valence-electron chi connectivity index (χ1n) is 7.05. The molecule has 21 heavy (non-hydrogen) atoms. The van der Waals surface area contributed by atoms with E-state index in [0.29, 0.717) is 28.2 Å². The van der Waals surface area contributed by atoms with Gasteiger partial charge in [0, 0.05) is 22.3 Å². The van der Waals surface area contributed by atoms with Gasteiger partial charge in [-0.2, -0.15) is 0 Å². The van der Waals surface area contributed by atoms with Crippen molar-refractivity contribution in [1.82, 2.24) is 0 Å². The summed E-state index contributed by atoms with van der Waals surface area (Å²) >= 11 is 1.10. The van der Waals surface area contributed by atoms with Gasteiger partial charge in [0.2, 0.25) is 0 Å². The van der Waals surface area contributed by atoms with Gasteiger partial charge in [-0.15, -0.1) is 11.3 Å². The van der Waals surface area contributed by atoms with E-state index in [1.165, 1.54) is 6.07 Å². The van der Waals surface area contributed by atoms with Crippen LogP contribution < -0.4 is 0 Å². The predicted octanol–water partition coefficient (Wildman–Crippen LogP) is 4.69. The Bertz CT molecular complexity index is 636. The van der Waals surface area contributed by atoms with Gasteiger partial charge in [0.15, 0.2) is 0 Å². The number of ether oxygens (including phenoxy) is 1. The zero-order chi connectivity index (χ0) is 15.4. The minimum atomic E-state index is -1.03. The Labute approximate surface area is 127 Å². The number of fused-ring (bicyclic) bond motifs is 1. The smallest absolute Gasteiger partial charge is 0.346 e. The van der Waals surface area contributed by atoms with Crippen molar-refractivity contribution in [1.29, 1.82) is 0 Å². The molecule has 0 aliphatic rings. The standard InChI is InChI=1S/C16H19FO3S/c1-3-5-10(2)8-20-9-11-14-12(17)6-4-7-13(14)21-15(11)16(18)19/h4,6-7,10H,3,5,8-9H2,1-2H3,(H,18,19). The molecule has 1 aromatic heterocycles. The van der Waals surface area contributed by atoms with Gasteiger partial charge in [0.1, 0.15) is 10.7 Å². The van der Waals surface area contributed by atoms with Gasteiger partial charge in [0.05, 0.1) is 6.61 Å². The third-order valence-corrected chi connectivity index (χ3v) is 4.57. The number of rotatable bonds is 7. The van der Waals surface area contributed by atoms with E-state index in [-0.39, 0.29) is 11.5 Å². The van der Waals surface area contributed by atoms with Crippen LogP contribution >= 0.6 is 11.3 Å². The fourth-order valence-corrected chi connectivity index (χ4v) is 3.48. The SMILES string of the molecule is CCCC(C)COCc1c(C(=O)O)sc2cccc(F)c12. The van der Waals surface area contributed by atoms with Crippen molar-refractivity contribution in [3.05, 3.63) is 34.5 Å². The van der Waals surface area contributed by atoms with Crippen molar-refractivity contribution in [2.75, 3.05) is 6.61 Å². The number of halogens is 1. The largest absolute Gasteiger partial charge is 0.477 e. The van der Waals surface area contributed by atoms with Gasteiger partial charge in [0.25, 0.3) is 0 Å². The summed E-state index contributed by atoms with van der Waals surface area (Å²) in [5.74, 6) is -1.01. The maximum atomic E-state index is 14.0. The highest BCUT2D eigenvalue weighted by atomic mass is 32.1. The fraction of sp³-hybridized carbons (Fsp3) is 0.438. The summed E-state index contributed by atoms with van der Waals surface area (Å²) in [6, 6.07) is 4.68. The summed E-state index contributed by atoms with van der Waals surface area (Å²) < 4.78 is 20.3. The average Bonchev–Trinajstić information content (AvgIpc) is 2.79. The summed E-state index contributed by atoms with van der Waals surface area (Å²) in [5.41, 5.74) is 0.448. The molecule has 0 amide bonds. The fourth-order valence-electron chi connectivity index (χ4n) is 2.42. The minimum Gasteiger partial charge on any atom is -0.477 e. The van der Waals surface area contributed by atoms with Crippen LogP contribution in [-0.2, 0) is 11.3 Å². The monoisotopic (exact) mass is 310 g/mol. The summed E-state index contributed by atoms with van der Waals surface area (Å²) in [5, 5.41) is 9.66. The summed E-state index contributed by atoms with van der Waals surface area (Å²) in [6.07, 6.45) is 2.14. The highest BCUT2D eigenvalue weighted by molar-refractivity contribution is 7.21. The Kier molecular flexibility index (Phi) is 5.31. The molecule has 1 atom stereocenters. The van der Waals surface area contributed by atoms with E-state index in [4.69, 9.17) is 4.74 Å². The molecule has 1 unspecified atom stereocenters. The molecule has 0 fully saturated rings. The van der Waals surface area contributed by atoms with Crippen molar-refractivity contribution in [2.24, 2.45) is 5.92 Å². The third-order valence-electron chi connectivity index (χ3n) is 3.39. The number of aromatic carboxylic acids is 1. The topological polar surface area (TPSA) is 46.5 Å². The van der Waals surface area contributed by atoms with Crippen molar-refractivity contribution in [2.45, 2.75) is 33.3 Å². The molecule has 0 aliphatic heterocycles. The molecule has 0 saturated carbocycles. The lowest BCUT2D eigenvalue weighted by Gasteiger charge is -2.11. The Morgan fingerprint density at radius 2 is 2.24 bits per heavy atom. The van der Waals surface area contributed by atoms with Gasteiger partial charge in [-0.3, -0.25) is 0 Å². The van der Waals surface area contributed by atoms with Gasteiger partial charge in [-0.05, 0) is 24.5 Å². The summed E-state index contributed by atoms with van der Waals surface area (Å²) in [4.78, 5) is 11.5. The van der Waals surface area contributed by atoms with E-state index in [9.17, 15) is 14.3 Å². The van der Waals surface area contributed by atoms with Crippen LogP contribution in [0.5, 0.6) is 0 Å². The molecule has 2 aromatic rings. The molecule has 2 rings (SSSR count). The molecule has 0 aliphatic carbocycles. The zero-order valence-electron chi connectivity index (χ0n) is 12.2. The molecular weight excluding hydrogens is 291 g/mol. The van der Waals surface area contributed by atoms with E-state index in [0.717, 1.165) is 24.2 Å². The molecule has 114 valence electrons. The van der Waals surface area contributed by atoms with E-state index in [1.807, 2.05) is 0 Å². The van der Waals surface area contributed by atoms with Gasteiger partial charge in [-0.1, -0.05) is 26.3 Å². The number of carbonyl (C=O) groups is 1. The van der Waals surface area contributed by atoms with Gasteiger partial charge >= 0.3 is 5.97 Å². The maximum Gasteiger partial charge on any atom is 0.346 e. The van der Waals surface area contributed by atoms with Gasteiger partial charge < -0.3 is 9.84 Å². The van der Waals surface area contributed by atoms with Crippen LogP contribution in [0.3, 0.4) is 0 Å². The first kappa shape index (κ1) is 15.9. The Morgan fingerprint density at radius 1 is 1.48 bits per heavy atom. The van der Waals surface area contributed by atoms with Gasteiger partial charge in [-0.25, -0.2) is 9.18 Å². The van der Waals surface area contributed by atoms with Crippen LogP contribution in [0.4, 0.5) is 4.39 Å². The Morgan fingerprint density at radius 3 is 2.90 bits per heavy atom. The highest BCUT2D eigenvalue weighted by Gasteiger charge is 2.20. The second-order valence-corrected chi connectivity index (χ2v) is 6.29. The number of hydrogen-bond donors (Lipinski definition) is 1. The van der Waals surface area contributed by atoms with Crippen LogP contribution in [-0.4, -0.2) is 17.7 Å². The van der Waals surface area contributed by atoms with Crippen molar-refractivity contribution in [3.8, 4) is 0 Å². The predicted molar refractivity (Wildman–Crippen MR) is 82.5 cm³/mol. The van der Waals surface area contributed by atoms with Crippen LogP contribution in [0.1, 0.15) is 41.9 Å². The lowest BCUT2D eigenvalue weighted by atomic mass is 10.1. The van der Waals surface area contributed by atoms with E-state index in [2.05, 4.69) is 13.8 Å². The lowest BCUT2D eigenvalue weighted by molar-refractivity contribution is 0.0685. The second-order valence-electron chi connectivity index (χ2n) is 5.24. The van der Waals surface area contributed by atoms with E-state index >= 15 is 0 Å². The highest BCUT2D eigenvalue weighted by Crippen LogP contribution is 2.33. The first-order valence-corrected chi connectivity index (χ1v) is 7.87. The van der Waals surface area contributed by atoms with Crippen molar-refractivity contribution in [3.63, 3.8) is 0 Å². The zero-order valence-corrected chi connectivity index (χ0v) is 13.0. The van der Waals surface area contributed by atoms with Crippen LogP contribution in [0.15, 0.2) is 18.2 Å². The Balaban J connectivity index is 2.24. The van der Waals surface area contributed by atoms with E-state index < -0.39 is 11.8 Å². The molecular formula is C16H19FO3S. The summed E-state index contributed by atoms with van der Waals surface area (Å²) in [7, 11) is 0.